The van der Waals surface area contributed by atoms with E-state index in [-0.39, 0.29) is 10.8 Å². The maximum Gasteiger partial charge on any atom is 0.0175 e. The van der Waals surface area contributed by atoms with E-state index in [9.17, 15) is 0 Å². The van der Waals surface area contributed by atoms with Crippen LogP contribution in [-0.4, -0.2) is 0 Å². The van der Waals surface area contributed by atoms with Crippen molar-refractivity contribution in [2.24, 2.45) is 0 Å². The zero-order valence-corrected chi connectivity index (χ0v) is 25.3. The SMILES string of the molecule is CC1(C)c2ccccc2-c2ccc(CC(Cc3ccc(Br)cc3)c3ccc4c(c3)C(C)(C)c3ccccc3-4)cc21. The van der Waals surface area contributed by atoms with Crippen molar-refractivity contribution in [1.82, 2.24) is 0 Å². The Hall–Kier alpha value is -3.42. The summed E-state index contributed by atoms with van der Waals surface area (Å²) in [5, 5.41) is 0. The molecule has 0 amide bonds. The first-order valence-electron chi connectivity index (χ1n) is 14.5. The Balaban J connectivity index is 1.29. The first kappa shape index (κ1) is 25.5. The van der Waals surface area contributed by atoms with E-state index in [1.165, 1.54) is 61.2 Å². The van der Waals surface area contributed by atoms with E-state index < -0.39 is 0 Å². The monoisotopic (exact) mass is 582 g/mol. The average molecular weight is 584 g/mol. The molecule has 1 heteroatoms. The van der Waals surface area contributed by atoms with Crippen molar-refractivity contribution < 1.29 is 0 Å². The lowest BCUT2D eigenvalue weighted by Gasteiger charge is -2.25. The van der Waals surface area contributed by atoms with Crippen LogP contribution in [0.2, 0.25) is 0 Å². The predicted molar refractivity (Wildman–Crippen MR) is 172 cm³/mol. The molecule has 0 bridgehead atoms. The van der Waals surface area contributed by atoms with Gasteiger partial charge >= 0.3 is 0 Å². The van der Waals surface area contributed by atoms with Crippen LogP contribution in [0.25, 0.3) is 22.3 Å². The Morgan fingerprint density at radius 2 is 0.975 bits per heavy atom. The number of halogens is 1. The molecule has 0 fully saturated rings. The van der Waals surface area contributed by atoms with Gasteiger partial charge in [0.2, 0.25) is 0 Å². The summed E-state index contributed by atoms with van der Waals surface area (Å²) in [7, 11) is 0. The molecule has 5 aromatic rings. The minimum Gasteiger partial charge on any atom is -0.0619 e. The Morgan fingerprint density at radius 3 is 1.60 bits per heavy atom. The van der Waals surface area contributed by atoms with Crippen molar-refractivity contribution in [3.8, 4) is 22.3 Å². The van der Waals surface area contributed by atoms with E-state index in [2.05, 4.69) is 153 Å². The van der Waals surface area contributed by atoms with Gasteiger partial charge in [0.05, 0.1) is 0 Å². The van der Waals surface area contributed by atoms with Crippen LogP contribution in [0, 0.1) is 0 Å². The summed E-state index contributed by atoms with van der Waals surface area (Å²) < 4.78 is 1.13. The largest absolute Gasteiger partial charge is 0.0619 e. The fourth-order valence-corrected chi connectivity index (χ4v) is 7.62. The summed E-state index contributed by atoms with van der Waals surface area (Å²) in [6.45, 7) is 9.51. The van der Waals surface area contributed by atoms with Gasteiger partial charge in [-0.25, -0.2) is 0 Å². The summed E-state index contributed by atoms with van der Waals surface area (Å²) in [5.41, 5.74) is 15.6. The standard InChI is InChI=1S/C39H35Br/c1-38(2)34-11-7-5-9-30(34)32-19-15-26(23-36(32)38)22-28(21-25-13-17-29(40)18-14-25)27-16-20-33-31-10-6-8-12-35(31)39(3,4)37(33)24-27/h5-20,23-24,28H,21-22H2,1-4H3. The fraction of sp³-hybridized carbons (Fsp3) is 0.231. The highest BCUT2D eigenvalue weighted by molar-refractivity contribution is 9.10. The second-order valence-corrected chi connectivity index (χ2v) is 13.7. The summed E-state index contributed by atoms with van der Waals surface area (Å²) in [6.07, 6.45) is 2.03. The lowest BCUT2D eigenvalue weighted by Crippen LogP contribution is -2.16. The quantitative estimate of drug-likeness (QED) is 0.193. The molecular weight excluding hydrogens is 548 g/mol. The highest BCUT2D eigenvalue weighted by Gasteiger charge is 2.37. The fourth-order valence-electron chi connectivity index (χ4n) is 7.35. The molecule has 0 spiro atoms. The van der Waals surface area contributed by atoms with E-state index in [1.54, 1.807) is 0 Å². The van der Waals surface area contributed by atoms with Gasteiger partial charge in [0.1, 0.15) is 0 Å². The van der Waals surface area contributed by atoms with Gasteiger partial charge in [-0.1, -0.05) is 141 Å². The van der Waals surface area contributed by atoms with Crippen LogP contribution >= 0.6 is 15.9 Å². The van der Waals surface area contributed by atoms with Gasteiger partial charge in [0.25, 0.3) is 0 Å². The second kappa shape index (κ2) is 9.32. The second-order valence-electron chi connectivity index (χ2n) is 12.8. The first-order chi connectivity index (χ1) is 19.2. The number of rotatable bonds is 5. The smallest absolute Gasteiger partial charge is 0.0175 e. The number of hydrogen-bond donors (Lipinski definition) is 0. The zero-order valence-electron chi connectivity index (χ0n) is 23.8. The lowest BCUT2D eigenvalue weighted by atomic mass is 9.78. The van der Waals surface area contributed by atoms with E-state index in [1.807, 2.05) is 0 Å². The highest BCUT2D eigenvalue weighted by atomic mass is 79.9. The number of benzene rings is 5. The number of hydrogen-bond acceptors (Lipinski definition) is 0. The van der Waals surface area contributed by atoms with Crippen molar-refractivity contribution in [2.75, 3.05) is 0 Å². The Bertz CT molecular complexity index is 1750. The maximum absolute atomic E-state index is 3.62. The average Bonchev–Trinajstić information content (AvgIpc) is 3.33. The maximum atomic E-state index is 3.62. The third kappa shape index (κ3) is 4.01. The molecule has 5 aromatic carbocycles. The van der Waals surface area contributed by atoms with Crippen LogP contribution in [0.3, 0.4) is 0 Å². The highest BCUT2D eigenvalue weighted by Crippen LogP contribution is 2.50. The molecule has 2 aliphatic rings. The molecule has 1 atom stereocenters. The molecular formula is C39H35Br. The summed E-state index contributed by atoms with van der Waals surface area (Å²) in [5.74, 6) is 0.385. The lowest BCUT2D eigenvalue weighted by molar-refractivity contribution is 0.643. The molecule has 0 saturated carbocycles. The predicted octanol–water partition coefficient (Wildman–Crippen LogP) is 10.6. The zero-order chi connectivity index (χ0) is 27.6. The van der Waals surface area contributed by atoms with Crippen LogP contribution in [0.5, 0.6) is 0 Å². The summed E-state index contributed by atoms with van der Waals surface area (Å²) >= 11 is 3.62. The molecule has 0 nitrogen and oxygen atoms in total. The summed E-state index contributed by atoms with van der Waals surface area (Å²) in [6, 6.07) is 41.3. The molecule has 0 radical (unpaired) electrons. The molecule has 0 aliphatic heterocycles. The van der Waals surface area contributed by atoms with E-state index in [0.717, 1.165) is 17.3 Å². The Morgan fingerprint density at radius 1 is 0.500 bits per heavy atom. The van der Waals surface area contributed by atoms with Gasteiger partial charge in [-0.15, -0.1) is 0 Å². The van der Waals surface area contributed by atoms with Gasteiger partial charge in [-0.05, 0) is 92.1 Å². The van der Waals surface area contributed by atoms with Crippen LogP contribution in [0.1, 0.15) is 72.6 Å². The Kier molecular flexibility index (Phi) is 5.95. The molecule has 1 unspecified atom stereocenters. The van der Waals surface area contributed by atoms with Gasteiger partial charge < -0.3 is 0 Å². The Labute approximate surface area is 247 Å². The van der Waals surface area contributed by atoms with E-state index in [0.29, 0.717) is 5.92 Å². The summed E-state index contributed by atoms with van der Waals surface area (Å²) in [4.78, 5) is 0. The number of fused-ring (bicyclic) bond motifs is 6. The van der Waals surface area contributed by atoms with E-state index >= 15 is 0 Å². The van der Waals surface area contributed by atoms with Gasteiger partial charge in [0, 0.05) is 15.3 Å². The molecule has 0 N–H and O–H groups in total. The molecule has 0 saturated heterocycles. The minimum absolute atomic E-state index is 0.00741. The van der Waals surface area contributed by atoms with E-state index in [4.69, 9.17) is 0 Å². The molecule has 2 aliphatic carbocycles. The van der Waals surface area contributed by atoms with Crippen molar-refractivity contribution in [1.29, 1.82) is 0 Å². The minimum atomic E-state index is 0.00741. The van der Waals surface area contributed by atoms with Crippen molar-refractivity contribution in [2.45, 2.75) is 57.3 Å². The first-order valence-corrected chi connectivity index (χ1v) is 15.2. The van der Waals surface area contributed by atoms with Crippen LogP contribution in [0.15, 0.2) is 114 Å². The normalized spacial score (nSPS) is 16.1. The van der Waals surface area contributed by atoms with Gasteiger partial charge in [-0.3, -0.25) is 0 Å². The molecule has 0 heterocycles. The van der Waals surface area contributed by atoms with Crippen molar-refractivity contribution >= 4 is 15.9 Å². The van der Waals surface area contributed by atoms with Gasteiger partial charge in [-0.2, -0.15) is 0 Å². The molecule has 7 rings (SSSR count). The molecule has 40 heavy (non-hydrogen) atoms. The van der Waals surface area contributed by atoms with Crippen molar-refractivity contribution in [3.05, 3.63) is 153 Å². The van der Waals surface area contributed by atoms with Crippen LogP contribution < -0.4 is 0 Å². The molecule has 0 aromatic heterocycles. The van der Waals surface area contributed by atoms with Gasteiger partial charge in [0.15, 0.2) is 0 Å². The third-order valence-corrected chi connectivity index (χ3v) is 10.1. The van der Waals surface area contributed by atoms with Crippen molar-refractivity contribution in [3.63, 3.8) is 0 Å². The molecule has 198 valence electrons. The van der Waals surface area contributed by atoms with Crippen LogP contribution in [0.4, 0.5) is 0 Å². The topological polar surface area (TPSA) is 0 Å². The van der Waals surface area contributed by atoms with Crippen LogP contribution in [-0.2, 0) is 23.7 Å². The third-order valence-electron chi connectivity index (χ3n) is 9.60.